The van der Waals surface area contributed by atoms with E-state index in [0.717, 1.165) is 0 Å². The minimum atomic E-state index is -0.632. The van der Waals surface area contributed by atoms with Crippen LogP contribution >= 0.6 is 11.6 Å². The lowest BCUT2D eigenvalue weighted by Gasteiger charge is -2.02. The molecule has 0 aliphatic rings. The highest BCUT2D eigenvalue weighted by Crippen LogP contribution is 2.26. The van der Waals surface area contributed by atoms with Crippen molar-refractivity contribution in [3.05, 3.63) is 39.2 Å². The van der Waals surface area contributed by atoms with Crippen molar-refractivity contribution in [3.63, 3.8) is 0 Å². The van der Waals surface area contributed by atoms with Gasteiger partial charge in [0.25, 0.3) is 5.69 Å². The van der Waals surface area contributed by atoms with Gasteiger partial charge in [-0.15, -0.1) is 11.6 Å². The number of rotatable bonds is 2. The van der Waals surface area contributed by atoms with Crippen LogP contribution in [0.5, 0.6) is 0 Å². The van der Waals surface area contributed by atoms with Gasteiger partial charge in [0, 0.05) is 5.56 Å². The molecule has 5 heteroatoms. The van der Waals surface area contributed by atoms with Crippen molar-refractivity contribution in [3.8, 4) is 0 Å². The van der Waals surface area contributed by atoms with Gasteiger partial charge in [0.05, 0.1) is 16.4 Å². The lowest BCUT2D eigenvalue weighted by atomic mass is 10.1. The molecule has 0 unspecified atom stereocenters. The van der Waals surface area contributed by atoms with Gasteiger partial charge in [0.1, 0.15) is 5.82 Å². The number of aryl methyl sites for hydroxylation is 1. The Kier molecular flexibility index (Phi) is 2.83. The summed E-state index contributed by atoms with van der Waals surface area (Å²) in [6.07, 6.45) is 0. The number of hydrogen-bond acceptors (Lipinski definition) is 2. The SMILES string of the molecule is Cc1ccc(F)c(CCl)c1[N+](=O)[O-]. The molecule has 0 bridgehead atoms. The molecule has 0 aliphatic heterocycles. The van der Waals surface area contributed by atoms with Gasteiger partial charge in [-0.05, 0) is 19.1 Å². The second-order valence-electron chi connectivity index (χ2n) is 2.58. The van der Waals surface area contributed by atoms with Gasteiger partial charge in [-0.1, -0.05) is 0 Å². The van der Waals surface area contributed by atoms with Crippen LogP contribution in [0.15, 0.2) is 12.1 Å². The predicted octanol–water partition coefficient (Wildman–Crippen LogP) is 2.78. The van der Waals surface area contributed by atoms with Gasteiger partial charge in [-0.25, -0.2) is 4.39 Å². The maximum Gasteiger partial charge on any atom is 0.279 e. The van der Waals surface area contributed by atoms with Gasteiger partial charge in [-0.3, -0.25) is 10.1 Å². The fourth-order valence-electron chi connectivity index (χ4n) is 1.11. The van der Waals surface area contributed by atoms with E-state index in [1.54, 1.807) is 6.92 Å². The van der Waals surface area contributed by atoms with E-state index in [2.05, 4.69) is 0 Å². The maximum atomic E-state index is 13.0. The van der Waals surface area contributed by atoms with Crippen molar-refractivity contribution in [1.29, 1.82) is 0 Å². The topological polar surface area (TPSA) is 43.1 Å². The molecule has 0 heterocycles. The number of benzene rings is 1. The Morgan fingerprint density at radius 3 is 2.62 bits per heavy atom. The first-order valence-corrected chi connectivity index (χ1v) is 4.09. The Bertz CT molecular complexity index is 354. The normalized spacial score (nSPS) is 10.1. The summed E-state index contributed by atoms with van der Waals surface area (Å²) >= 11 is 5.41. The van der Waals surface area contributed by atoms with Crippen molar-refractivity contribution in [2.75, 3.05) is 0 Å². The van der Waals surface area contributed by atoms with Gasteiger partial charge in [0.15, 0.2) is 0 Å². The van der Waals surface area contributed by atoms with E-state index >= 15 is 0 Å². The lowest BCUT2D eigenvalue weighted by Crippen LogP contribution is -1.99. The van der Waals surface area contributed by atoms with Crippen LogP contribution in [-0.2, 0) is 5.88 Å². The van der Waals surface area contributed by atoms with Gasteiger partial charge in [-0.2, -0.15) is 0 Å². The number of nitro groups is 1. The van der Waals surface area contributed by atoms with E-state index in [-0.39, 0.29) is 17.1 Å². The third-order valence-corrected chi connectivity index (χ3v) is 2.01. The van der Waals surface area contributed by atoms with E-state index in [0.29, 0.717) is 5.56 Å². The summed E-state index contributed by atoms with van der Waals surface area (Å²) in [7, 11) is 0. The van der Waals surface area contributed by atoms with Crippen LogP contribution in [0, 0.1) is 22.9 Å². The highest BCUT2D eigenvalue weighted by atomic mass is 35.5. The van der Waals surface area contributed by atoms with Crippen molar-refractivity contribution < 1.29 is 9.31 Å². The first-order chi connectivity index (χ1) is 6.07. The van der Waals surface area contributed by atoms with E-state index in [1.165, 1.54) is 12.1 Å². The number of nitrogens with zero attached hydrogens (tertiary/aromatic N) is 1. The Balaban J connectivity index is 3.43. The zero-order valence-corrected chi connectivity index (χ0v) is 7.64. The van der Waals surface area contributed by atoms with Crippen LogP contribution in [0.25, 0.3) is 0 Å². The van der Waals surface area contributed by atoms with Crippen molar-refractivity contribution in [2.45, 2.75) is 12.8 Å². The molecule has 0 aromatic heterocycles. The van der Waals surface area contributed by atoms with E-state index in [9.17, 15) is 14.5 Å². The van der Waals surface area contributed by atoms with Gasteiger partial charge >= 0.3 is 0 Å². The molecule has 1 aromatic rings. The summed E-state index contributed by atoms with van der Waals surface area (Å²) in [5.41, 5.74) is 0.142. The molecule has 1 rings (SSSR count). The summed E-state index contributed by atoms with van der Waals surface area (Å²) in [6, 6.07) is 2.55. The van der Waals surface area contributed by atoms with Gasteiger partial charge in [0.2, 0.25) is 0 Å². The zero-order chi connectivity index (χ0) is 10.0. The molecule has 0 saturated carbocycles. The average Bonchev–Trinajstić information content (AvgIpc) is 2.07. The second kappa shape index (κ2) is 3.70. The second-order valence-corrected chi connectivity index (χ2v) is 2.85. The summed E-state index contributed by atoms with van der Waals surface area (Å²) in [5, 5.41) is 10.5. The Hall–Kier alpha value is -1.16. The summed E-state index contributed by atoms with van der Waals surface area (Å²) in [6.45, 7) is 1.55. The van der Waals surface area contributed by atoms with E-state index in [4.69, 9.17) is 11.6 Å². The van der Waals surface area contributed by atoms with Crippen LogP contribution in [0.1, 0.15) is 11.1 Å². The molecule has 0 aliphatic carbocycles. The monoisotopic (exact) mass is 203 g/mol. The fourth-order valence-corrected chi connectivity index (χ4v) is 1.36. The lowest BCUT2D eigenvalue weighted by molar-refractivity contribution is -0.386. The summed E-state index contributed by atoms with van der Waals surface area (Å²) < 4.78 is 13.0. The minimum Gasteiger partial charge on any atom is -0.258 e. The minimum absolute atomic E-state index is 0.0494. The molecule has 0 N–H and O–H groups in total. The third kappa shape index (κ3) is 1.78. The van der Waals surface area contributed by atoms with Crippen LogP contribution in [0.4, 0.5) is 10.1 Å². The number of alkyl halides is 1. The molecule has 0 atom stereocenters. The summed E-state index contributed by atoms with van der Waals surface area (Å²) in [4.78, 5) is 9.92. The number of hydrogen-bond donors (Lipinski definition) is 0. The standard InChI is InChI=1S/C8H7ClFNO2/c1-5-2-3-7(10)6(4-9)8(5)11(12)13/h2-3H,4H2,1H3. The summed E-state index contributed by atoms with van der Waals surface area (Å²) in [5.74, 6) is -0.823. The first kappa shape index (κ1) is 9.92. The van der Waals surface area contributed by atoms with Crippen LogP contribution in [-0.4, -0.2) is 4.92 Å². The Morgan fingerprint density at radius 1 is 1.62 bits per heavy atom. The number of nitro benzene ring substituents is 1. The van der Waals surface area contributed by atoms with Crippen molar-refractivity contribution in [2.24, 2.45) is 0 Å². The van der Waals surface area contributed by atoms with Crippen LogP contribution < -0.4 is 0 Å². The average molecular weight is 204 g/mol. The Labute approximate surface area is 79.3 Å². The molecule has 0 amide bonds. The molecule has 1 aromatic carbocycles. The first-order valence-electron chi connectivity index (χ1n) is 3.56. The van der Waals surface area contributed by atoms with Crippen LogP contribution in [0.2, 0.25) is 0 Å². The molecular formula is C8H7ClFNO2. The molecule has 0 spiro atoms. The fraction of sp³-hybridized carbons (Fsp3) is 0.250. The largest absolute Gasteiger partial charge is 0.279 e. The highest BCUT2D eigenvalue weighted by molar-refractivity contribution is 6.17. The highest BCUT2D eigenvalue weighted by Gasteiger charge is 2.19. The molecule has 70 valence electrons. The van der Waals surface area contributed by atoms with Crippen molar-refractivity contribution in [1.82, 2.24) is 0 Å². The quantitative estimate of drug-likeness (QED) is 0.421. The molecule has 3 nitrogen and oxygen atoms in total. The van der Waals surface area contributed by atoms with E-state index < -0.39 is 10.7 Å². The smallest absolute Gasteiger partial charge is 0.258 e. The molecule has 0 fully saturated rings. The zero-order valence-electron chi connectivity index (χ0n) is 6.88. The molecule has 0 radical (unpaired) electrons. The van der Waals surface area contributed by atoms with Crippen molar-refractivity contribution >= 4 is 17.3 Å². The molecular weight excluding hydrogens is 197 g/mol. The Morgan fingerprint density at radius 2 is 2.23 bits per heavy atom. The van der Waals surface area contributed by atoms with E-state index in [1.807, 2.05) is 0 Å². The molecule has 13 heavy (non-hydrogen) atoms. The third-order valence-electron chi connectivity index (χ3n) is 1.74. The van der Waals surface area contributed by atoms with Crippen LogP contribution in [0.3, 0.4) is 0 Å². The van der Waals surface area contributed by atoms with Gasteiger partial charge < -0.3 is 0 Å². The molecule has 0 saturated heterocycles. The maximum absolute atomic E-state index is 13.0. The predicted molar refractivity (Wildman–Crippen MR) is 47.3 cm³/mol. The number of halogens is 2.